The molecule has 2 aliphatic heterocycles. The molecule has 8 nitrogen and oxygen atoms in total. The summed E-state index contributed by atoms with van der Waals surface area (Å²) in [4.78, 5) is 12.7. The lowest BCUT2D eigenvalue weighted by molar-refractivity contribution is 0.0934. The van der Waals surface area contributed by atoms with Crippen LogP contribution in [0.15, 0.2) is 18.2 Å². The molecule has 3 heterocycles. The first-order chi connectivity index (χ1) is 13.1. The summed E-state index contributed by atoms with van der Waals surface area (Å²) in [7, 11) is 0. The quantitative estimate of drug-likeness (QED) is 0.851. The predicted octanol–water partition coefficient (Wildman–Crippen LogP) is 1.77. The molecule has 0 spiro atoms. The molecule has 1 aromatic carbocycles. The number of benzene rings is 1. The van der Waals surface area contributed by atoms with Crippen molar-refractivity contribution in [3.8, 4) is 11.5 Å². The van der Waals surface area contributed by atoms with Gasteiger partial charge in [0.25, 0.3) is 5.91 Å². The Morgan fingerprint density at radius 2 is 2.00 bits per heavy atom. The number of nitrogens with zero attached hydrogens (tertiary/aromatic N) is 3. The molecule has 2 aliphatic rings. The minimum absolute atomic E-state index is 0.184. The van der Waals surface area contributed by atoms with Crippen LogP contribution in [0.5, 0.6) is 11.5 Å². The third kappa shape index (κ3) is 3.62. The molecular formula is C19H25N5O3. The zero-order valence-corrected chi connectivity index (χ0v) is 15.7. The number of ether oxygens (including phenoxy) is 2. The first-order valence-electron chi connectivity index (χ1n) is 9.46. The first kappa shape index (κ1) is 17.8. The number of rotatable bonds is 4. The predicted molar refractivity (Wildman–Crippen MR) is 99.2 cm³/mol. The van der Waals surface area contributed by atoms with E-state index in [4.69, 9.17) is 9.47 Å². The molecular weight excluding hydrogens is 346 g/mol. The van der Waals surface area contributed by atoms with E-state index in [1.54, 1.807) is 0 Å². The van der Waals surface area contributed by atoms with Crippen molar-refractivity contribution in [2.45, 2.75) is 38.8 Å². The summed E-state index contributed by atoms with van der Waals surface area (Å²) in [6.07, 6.45) is 2.00. The second-order valence-corrected chi connectivity index (χ2v) is 7.05. The lowest BCUT2D eigenvalue weighted by Gasteiger charge is -2.23. The highest BCUT2D eigenvalue weighted by atomic mass is 16.6. The molecule has 0 bridgehead atoms. The number of piperidine rings is 1. The molecule has 0 saturated carbocycles. The number of carbonyl (C=O) groups excluding carboxylic acids is 1. The van der Waals surface area contributed by atoms with Crippen LogP contribution in [-0.4, -0.2) is 47.2 Å². The van der Waals surface area contributed by atoms with Crippen LogP contribution in [0.3, 0.4) is 0 Å². The molecule has 0 radical (unpaired) electrons. The summed E-state index contributed by atoms with van der Waals surface area (Å²) in [5, 5.41) is 14.7. The average Bonchev–Trinajstić information content (AvgIpc) is 3.09. The summed E-state index contributed by atoms with van der Waals surface area (Å²) in [6, 6.07) is 5.85. The molecule has 1 atom stereocenters. The van der Waals surface area contributed by atoms with Gasteiger partial charge in [-0.2, -0.15) is 0 Å². The van der Waals surface area contributed by atoms with E-state index in [-0.39, 0.29) is 11.9 Å². The Hall–Kier alpha value is -2.61. The summed E-state index contributed by atoms with van der Waals surface area (Å²) in [5.41, 5.74) is 2.16. The Morgan fingerprint density at radius 1 is 1.26 bits per heavy atom. The Morgan fingerprint density at radius 3 is 2.78 bits per heavy atom. The lowest BCUT2D eigenvalue weighted by Crippen LogP contribution is -2.31. The van der Waals surface area contributed by atoms with Gasteiger partial charge in [0.15, 0.2) is 17.2 Å². The van der Waals surface area contributed by atoms with E-state index >= 15 is 0 Å². The van der Waals surface area contributed by atoms with Gasteiger partial charge in [-0.05, 0) is 57.5 Å². The fraction of sp³-hybridized carbons (Fsp3) is 0.526. The molecule has 2 aromatic rings. The van der Waals surface area contributed by atoms with Crippen LogP contribution in [0, 0.1) is 6.92 Å². The molecule has 144 valence electrons. The minimum atomic E-state index is -0.213. The Kier molecular flexibility index (Phi) is 4.98. The highest BCUT2D eigenvalue weighted by Crippen LogP contribution is 2.32. The molecule has 8 heteroatoms. The van der Waals surface area contributed by atoms with E-state index in [2.05, 4.69) is 20.9 Å². The van der Waals surface area contributed by atoms with Crippen molar-refractivity contribution >= 4 is 5.91 Å². The van der Waals surface area contributed by atoms with Crippen molar-refractivity contribution < 1.29 is 14.3 Å². The van der Waals surface area contributed by atoms with E-state index in [1.165, 1.54) is 0 Å². The van der Waals surface area contributed by atoms with Gasteiger partial charge in [0.2, 0.25) is 0 Å². The fourth-order valence-electron chi connectivity index (χ4n) is 3.63. The van der Waals surface area contributed by atoms with Gasteiger partial charge in [0.1, 0.15) is 13.2 Å². The molecule has 1 unspecified atom stereocenters. The number of fused-ring (bicyclic) bond motifs is 1. The number of carbonyl (C=O) groups is 1. The standard InChI is InChI=1S/C19H25N5O3/c1-12(14-3-4-16-17(11-14)27-10-9-26-16)21-19(25)18-13(2)24(23-22-18)15-5-7-20-8-6-15/h3-4,11-12,15,20H,5-10H2,1-2H3,(H,21,25). The summed E-state index contributed by atoms with van der Waals surface area (Å²) < 4.78 is 13.1. The topological polar surface area (TPSA) is 90.3 Å². The molecule has 1 amide bonds. The van der Waals surface area contributed by atoms with Crippen molar-refractivity contribution in [1.82, 2.24) is 25.6 Å². The smallest absolute Gasteiger partial charge is 0.274 e. The van der Waals surface area contributed by atoms with Gasteiger partial charge < -0.3 is 20.1 Å². The third-order valence-corrected chi connectivity index (χ3v) is 5.21. The van der Waals surface area contributed by atoms with Crippen molar-refractivity contribution in [2.75, 3.05) is 26.3 Å². The maximum absolute atomic E-state index is 12.7. The second kappa shape index (κ2) is 7.56. The first-order valence-corrected chi connectivity index (χ1v) is 9.46. The van der Waals surface area contributed by atoms with Gasteiger partial charge >= 0.3 is 0 Å². The van der Waals surface area contributed by atoms with E-state index in [9.17, 15) is 4.79 Å². The van der Waals surface area contributed by atoms with Crippen LogP contribution in [0.2, 0.25) is 0 Å². The Bertz CT molecular complexity index is 829. The summed E-state index contributed by atoms with van der Waals surface area (Å²) in [5.74, 6) is 1.24. The van der Waals surface area contributed by atoms with Gasteiger partial charge in [-0.1, -0.05) is 11.3 Å². The van der Waals surface area contributed by atoms with Crippen LogP contribution < -0.4 is 20.1 Å². The van der Waals surface area contributed by atoms with Crippen LogP contribution in [0.1, 0.15) is 53.6 Å². The maximum Gasteiger partial charge on any atom is 0.274 e. The number of aromatic nitrogens is 3. The van der Waals surface area contributed by atoms with Crippen molar-refractivity contribution in [1.29, 1.82) is 0 Å². The molecule has 27 heavy (non-hydrogen) atoms. The highest BCUT2D eigenvalue weighted by Gasteiger charge is 2.24. The van der Waals surface area contributed by atoms with Crippen LogP contribution in [-0.2, 0) is 0 Å². The molecule has 1 aromatic heterocycles. The van der Waals surface area contributed by atoms with Gasteiger partial charge in [0, 0.05) is 0 Å². The molecule has 1 saturated heterocycles. The summed E-state index contributed by atoms with van der Waals surface area (Å²) >= 11 is 0. The van der Waals surface area contributed by atoms with Crippen molar-refractivity contribution in [2.24, 2.45) is 0 Å². The third-order valence-electron chi connectivity index (χ3n) is 5.21. The largest absolute Gasteiger partial charge is 0.486 e. The number of hydrogen-bond donors (Lipinski definition) is 2. The Labute approximate surface area is 158 Å². The highest BCUT2D eigenvalue weighted by molar-refractivity contribution is 5.93. The van der Waals surface area contributed by atoms with Gasteiger partial charge in [-0.15, -0.1) is 5.10 Å². The molecule has 2 N–H and O–H groups in total. The number of hydrogen-bond acceptors (Lipinski definition) is 6. The average molecular weight is 371 g/mol. The maximum atomic E-state index is 12.7. The monoisotopic (exact) mass is 371 g/mol. The van der Waals surface area contributed by atoms with E-state index in [0.717, 1.165) is 42.9 Å². The Balaban J connectivity index is 1.46. The zero-order valence-electron chi connectivity index (χ0n) is 15.7. The van der Waals surface area contributed by atoms with Crippen molar-refractivity contribution in [3.05, 3.63) is 35.2 Å². The van der Waals surface area contributed by atoms with Crippen LogP contribution in [0.25, 0.3) is 0 Å². The van der Waals surface area contributed by atoms with Gasteiger partial charge in [-0.3, -0.25) is 4.79 Å². The van der Waals surface area contributed by atoms with E-state index in [1.807, 2.05) is 36.7 Å². The summed E-state index contributed by atoms with van der Waals surface area (Å²) in [6.45, 7) is 6.88. The van der Waals surface area contributed by atoms with E-state index in [0.29, 0.717) is 30.7 Å². The number of nitrogens with one attached hydrogen (secondary N) is 2. The zero-order chi connectivity index (χ0) is 18.8. The van der Waals surface area contributed by atoms with Gasteiger partial charge in [-0.25, -0.2) is 4.68 Å². The van der Waals surface area contributed by atoms with Crippen molar-refractivity contribution in [3.63, 3.8) is 0 Å². The van der Waals surface area contributed by atoms with E-state index < -0.39 is 0 Å². The second-order valence-electron chi connectivity index (χ2n) is 7.05. The number of amides is 1. The molecule has 0 aliphatic carbocycles. The van der Waals surface area contributed by atoms with Crippen LogP contribution >= 0.6 is 0 Å². The van der Waals surface area contributed by atoms with Gasteiger partial charge in [0.05, 0.1) is 17.8 Å². The van der Waals surface area contributed by atoms with Crippen LogP contribution in [0.4, 0.5) is 0 Å². The molecule has 4 rings (SSSR count). The lowest BCUT2D eigenvalue weighted by atomic mass is 10.1. The minimum Gasteiger partial charge on any atom is -0.486 e. The normalized spacial score (nSPS) is 18.1. The fourth-order valence-corrected chi connectivity index (χ4v) is 3.63. The SMILES string of the molecule is Cc1c(C(=O)NC(C)c2ccc3c(c2)OCCO3)nnn1C1CCNCC1. The molecule has 1 fully saturated rings.